The fraction of sp³-hybridized carbons (Fsp3) is 0.0465. The van der Waals surface area contributed by atoms with Gasteiger partial charge in [-0.3, -0.25) is 14.8 Å². The van der Waals surface area contributed by atoms with Gasteiger partial charge in [-0.1, -0.05) is 127 Å². The second kappa shape index (κ2) is 15.9. The number of aromatic nitrogens is 2. The van der Waals surface area contributed by atoms with E-state index in [1.54, 1.807) is 0 Å². The van der Waals surface area contributed by atoms with Crippen LogP contribution in [0.25, 0.3) is 65.9 Å². The van der Waals surface area contributed by atoms with E-state index in [4.69, 9.17) is 9.97 Å². The van der Waals surface area contributed by atoms with E-state index in [9.17, 15) is 9.90 Å². The van der Waals surface area contributed by atoms with Crippen LogP contribution in [0.5, 0.6) is 0 Å². The summed E-state index contributed by atoms with van der Waals surface area (Å²) in [4.78, 5) is 19.4. The Hall–Kier alpha value is -5.48. The molecule has 0 spiro atoms. The maximum atomic E-state index is 9.98. The molecule has 6 aromatic carbocycles. The first-order valence-corrected chi connectivity index (χ1v) is 15.3. The van der Waals surface area contributed by atoms with Crippen molar-refractivity contribution in [3.05, 3.63) is 170 Å². The SMILES string of the molecule is CC(=O)/C=C(/C)[O-].[Ir+3].[c-]1cc2ccccc2cc1-c1ccc2ccccc2n1.[c-]1cc2ccccc2cc1-c1ccc2ccccc2n1. The molecule has 0 N–H and O–H groups in total. The number of nitrogens with zero attached hydrogens (tertiary/aromatic N) is 2. The van der Waals surface area contributed by atoms with Gasteiger partial charge < -0.3 is 5.11 Å². The minimum atomic E-state index is -0.187. The Morgan fingerprint density at radius 1 is 0.542 bits per heavy atom. The van der Waals surface area contributed by atoms with E-state index in [0.717, 1.165) is 50.4 Å². The molecule has 48 heavy (non-hydrogen) atoms. The van der Waals surface area contributed by atoms with Crippen LogP contribution in [0.15, 0.2) is 157 Å². The molecule has 0 bridgehead atoms. The van der Waals surface area contributed by atoms with Crippen LogP contribution >= 0.6 is 0 Å². The molecule has 0 saturated carbocycles. The van der Waals surface area contributed by atoms with Crippen molar-refractivity contribution in [3.63, 3.8) is 0 Å². The maximum Gasteiger partial charge on any atom is 3.00 e. The second-order valence-corrected chi connectivity index (χ2v) is 11.1. The predicted octanol–water partition coefficient (Wildman–Crippen LogP) is 9.55. The van der Waals surface area contributed by atoms with Gasteiger partial charge in [0.05, 0.1) is 11.0 Å². The number of carbonyl (C=O) groups excluding carboxylic acids is 1. The van der Waals surface area contributed by atoms with Gasteiger partial charge in [-0.15, -0.1) is 64.1 Å². The molecule has 0 aliphatic carbocycles. The summed E-state index contributed by atoms with van der Waals surface area (Å²) in [5, 5.41) is 17.2. The van der Waals surface area contributed by atoms with Crippen molar-refractivity contribution < 1.29 is 30.0 Å². The molecular weight excluding hydrogens is 769 g/mol. The number of hydrogen-bond donors (Lipinski definition) is 0. The van der Waals surface area contributed by atoms with Crippen molar-refractivity contribution in [1.29, 1.82) is 0 Å². The molecule has 8 aromatic rings. The summed E-state index contributed by atoms with van der Waals surface area (Å²) in [5.41, 5.74) is 6.05. The van der Waals surface area contributed by atoms with Gasteiger partial charge in [0.2, 0.25) is 0 Å². The molecule has 0 fully saturated rings. The molecule has 8 rings (SSSR count). The zero-order valence-corrected chi connectivity index (χ0v) is 28.9. The van der Waals surface area contributed by atoms with Crippen LogP contribution in [0.2, 0.25) is 0 Å². The van der Waals surface area contributed by atoms with Crippen molar-refractivity contribution in [2.45, 2.75) is 13.8 Å². The molecular formula is C43H31IrN2O2. The van der Waals surface area contributed by atoms with Crippen LogP contribution in [0.1, 0.15) is 13.8 Å². The van der Waals surface area contributed by atoms with Gasteiger partial charge in [0.1, 0.15) is 0 Å². The van der Waals surface area contributed by atoms with Crippen molar-refractivity contribution in [3.8, 4) is 22.5 Å². The molecule has 0 amide bonds. The first-order valence-electron chi connectivity index (χ1n) is 15.3. The van der Waals surface area contributed by atoms with Crippen molar-refractivity contribution in [2.24, 2.45) is 0 Å². The zero-order valence-electron chi connectivity index (χ0n) is 26.5. The summed E-state index contributed by atoms with van der Waals surface area (Å²) in [5.74, 6) is -0.375. The summed E-state index contributed by atoms with van der Waals surface area (Å²) in [7, 11) is 0. The first kappa shape index (κ1) is 33.9. The molecule has 0 unspecified atom stereocenters. The van der Waals surface area contributed by atoms with E-state index in [0.29, 0.717) is 0 Å². The Morgan fingerprint density at radius 3 is 1.29 bits per heavy atom. The summed E-state index contributed by atoms with van der Waals surface area (Å²) >= 11 is 0. The Bertz CT molecular complexity index is 2070. The molecule has 0 saturated heterocycles. The third kappa shape index (κ3) is 8.45. The summed E-state index contributed by atoms with van der Waals surface area (Å²) < 4.78 is 0. The van der Waals surface area contributed by atoms with E-state index >= 15 is 0 Å². The second-order valence-electron chi connectivity index (χ2n) is 11.1. The van der Waals surface area contributed by atoms with E-state index < -0.39 is 0 Å². The number of allylic oxidation sites excluding steroid dienone is 2. The number of carbonyl (C=O) groups is 1. The third-order valence-electron chi connectivity index (χ3n) is 7.51. The number of hydrogen-bond acceptors (Lipinski definition) is 4. The van der Waals surface area contributed by atoms with E-state index in [-0.39, 0.29) is 31.6 Å². The van der Waals surface area contributed by atoms with Crippen LogP contribution in [-0.2, 0) is 24.9 Å². The smallest absolute Gasteiger partial charge is 0.876 e. The van der Waals surface area contributed by atoms with Gasteiger partial charge in [-0.05, 0) is 47.3 Å². The van der Waals surface area contributed by atoms with E-state index in [2.05, 4.69) is 97.1 Å². The molecule has 0 aliphatic heterocycles. The molecule has 0 radical (unpaired) electrons. The van der Waals surface area contributed by atoms with Gasteiger partial charge >= 0.3 is 20.1 Å². The Labute approximate surface area is 293 Å². The Morgan fingerprint density at radius 2 is 0.917 bits per heavy atom. The minimum absolute atomic E-state index is 0. The molecule has 234 valence electrons. The van der Waals surface area contributed by atoms with Crippen molar-refractivity contribution in [2.75, 3.05) is 0 Å². The number of ketones is 1. The normalized spacial score (nSPS) is 10.8. The third-order valence-corrected chi connectivity index (χ3v) is 7.51. The minimum Gasteiger partial charge on any atom is -0.876 e. The summed E-state index contributed by atoms with van der Waals surface area (Å²) in [6.07, 6.45) is 1.06. The first-order chi connectivity index (χ1) is 22.9. The largest absolute Gasteiger partial charge is 3.00 e. The van der Waals surface area contributed by atoms with Crippen LogP contribution < -0.4 is 5.11 Å². The Balaban J connectivity index is 0.000000155. The van der Waals surface area contributed by atoms with E-state index in [1.807, 2.05) is 60.7 Å². The molecule has 5 heteroatoms. The van der Waals surface area contributed by atoms with Crippen molar-refractivity contribution in [1.82, 2.24) is 9.97 Å². The molecule has 2 aromatic heterocycles. The van der Waals surface area contributed by atoms with Gasteiger partial charge in [0.15, 0.2) is 5.78 Å². The fourth-order valence-corrected chi connectivity index (χ4v) is 5.27. The summed E-state index contributed by atoms with van der Waals surface area (Å²) in [6.45, 7) is 2.70. The van der Waals surface area contributed by atoms with Gasteiger partial charge in [-0.25, -0.2) is 0 Å². The molecule has 2 heterocycles. The molecule has 0 aliphatic rings. The number of benzene rings is 6. The standard InChI is InChI=1S/2C19H12N.C5H8O2.Ir/c2*1-2-7-16-13-17(10-9-14(16)5-1)19-12-11-15-6-3-4-8-18(15)20-19;1-4(6)3-5(2)7;/h2*1-9,11-13H;3,6H,1-2H3;/q2*-1;;+3/p-1/b;;4-3-;. The zero-order chi connectivity index (χ0) is 32.6. The number of rotatable bonds is 3. The monoisotopic (exact) mass is 800 g/mol. The average molecular weight is 800 g/mol. The van der Waals surface area contributed by atoms with Crippen LogP contribution in [-0.4, -0.2) is 15.8 Å². The van der Waals surface area contributed by atoms with Gasteiger partial charge in [-0.2, -0.15) is 0 Å². The van der Waals surface area contributed by atoms with Gasteiger partial charge in [0, 0.05) is 0 Å². The predicted molar refractivity (Wildman–Crippen MR) is 191 cm³/mol. The van der Waals surface area contributed by atoms with E-state index in [1.165, 1.54) is 35.4 Å². The van der Waals surface area contributed by atoms with Crippen LogP contribution in [0, 0.1) is 12.1 Å². The number of para-hydroxylation sites is 2. The molecule has 4 nitrogen and oxygen atoms in total. The fourth-order valence-electron chi connectivity index (χ4n) is 5.27. The number of fused-ring (bicyclic) bond motifs is 4. The summed E-state index contributed by atoms with van der Waals surface area (Å²) in [6, 6.07) is 56.3. The van der Waals surface area contributed by atoms with Crippen LogP contribution in [0.4, 0.5) is 0 Å². The van der Waals surface area contributed by atoms with Crippen molar-refractivity contribution >= 4 is 49.1 Å². The molecule has 0 atom stereocenters. The van der Waals surface area contributed by atoms with Crippen LogP contribution in [0.3, 0.4) is 0 Å². The average Bonchev–Trinajstić information content (AvgIpc) is 3.11. The maximum absolute atomic E-state index is 9.98. The topological polar surface area (TPSA) is 65.9 Å². The number of pyridine rings is 2. The quantitative estimate of drug-likeness (QED) is 0.102. The Kier molecular flexibility index (Phi) is 11.2. The van der Waals surface area contributed by atoms with Gasteiger partial charge in [0.25, 0.3) is 0 Å².